The van der Waals surface area contributed by atoms with Crippen molar-refractivity contribution in [3.05, 3.63) is 53.8 Å². The highest BCUT2D eigenvalue weighted by Crippen LogP contribution is 2.34. The number of benzene rings is 2. The van der Waals surface area contributed by atoms with E-state index < -0.39 is 0 Å². The fraction of sp³-hybridized carbons (Fsp3) is 0.211. The average molecular weight is 369 g/mol. The number of amides is 2. The Balaban J connectivity index is 1.47. The van der Waals surface area contributed by atoms with Crippen LogP contribution in [-0.2, 0) is 16.1 Å². The van der Waals surface area contributed by atoms with Crippen LogP contribution in [0.2, 0.25) is 0 Å². The van der Waals surface area contributed by atoms with E-state index in [2.05, 4.69) is 10.4 Å². The SMILES string of the molecule is O=C(Nc1ccc2c(c1)OCO2)C1=NN(Cc2ccc(F)cc2)C(=O)CC1. The van der Waals surface area contributed by atoms with Gasteiger partial charge in [0.2, 0.25) is 12.7 Å². The molecule has 27 heavy (non-hydrogen) atoms. The Bertz CT molecular complexity index is 927. The fourth-order valence-corrected chi connectivity index (χ4v) is 2.83. The Hall–Kier alpha value is -3.42. The van der Waals surface area contributed by atoms with Crippen molar-refractivity contribution in [2.75, 3.05) is 12.1 Å². The third kappa shape index (κ3) is 3.74. The van der Waals surface area contributed by atoms with Gasteiger partial charge in [0.1, 0.15) is 11.5 Å². The Morgan fingerprint density at radius 3 is 2.70 bits per heavy atom. The average Bonchev–Trinajstić information content (AvgIpc) is 3.13. The Morgan fingerprint density at radius 2 is 1.89 bits per heavy atom. The first kappa shape index (κ1) is 17.0. The Labute approximate surface area is 154 Å². The van der Waals surface area contributed by atoms with Crippen molar-refractivity contribution in [2.45, 2.75) is 19.4 Å². The summed E-state index contributed by atoms with van der Waals surface area (Å²) < 4.78 is 23.5. The topological polar surface area (TPSA) is 80.2 Å². The molecule has 0 bridgehead atoms. The van der Waals surface area contributed by atoms with Crippen LogP contribution in [0.25, 0.3) is 0 Å². The summed E-state index contributed by atoms with van der Waals surface area (Å²) in [6, 6.07) is 10.9. The second-order valence-electron chi connectivity index (χ2n) is 6.15. The minimum Gasteiger partial charge on any atom is -0.454 e. The molecule has 0 saturated carbocycles. The first-order valence-electron chi connectivity index (χ1n) is 8.42. The Kier molecular flexibility index (Phi) is 4.45. The van der Waals surface area contributed by atoms with Crippen molar-refractivity contribution in [2.24, 2.45) is 5.10 Å². The number of carbonyl (C=O) groups excluding carboxylic acids is 2. The molecule has 0 atom stereocenters. The lowest BCUT2D eigenvalue weighted by atomic mass is 10.1. The van der Waals surface area contributed by atoms with Crippen LogP contribution in [-0.4, -0.2) is 29.3 Å². The van der Waals surface area contributed by atoms with E-state index in [4.69, 9.17) is 9.47 Å². The second kappa shape index (κ2) is 7.06. The molecule has 138 valence electrons. The third-order valence-electron chi connectivity index (χ3n) is 4.24. The second-order valence-corrected chi connectivity index (χ2v) is 6.15. The number of hydrogen-bond donors (Lipinski definition) is 1. The molecule has 8 heteroatoms. The highest BCUT2D eigenvalue weighted by atomic mass is 19.1. The molecule has 0 unspecified atom stereocenters. The largest absolute Gasteiger partial charge is 0.454 e. The van der Waals surface area contributed by atoms with Crippen LogP contribution in [0.5, 0.6) is 11.5 Å². The zero-order valence-corrected chi connectivity index (χ0v) is 14.3. The molecule has 4 rings (SSSR count). The van der Waals surface area contributed by atoms with E-state index in [-0.39, 0.29) is 49.5 Å². The molecule has 7 nitrogen and oxygen atoms in total. The summed E-state index contributed by atoms with van der Waals surface area (Å²) >= 11 is 0. The minimum absolute atomic E-state index is 0.153. The van der Waals surface area contributed by atoms with Gasteiger partial charge in [-0.2, -0.15) is 5.10 Å². The standard InChI is InChI=1S/C19H16FN3O4/c20-13-3-1-12(2-4-13)10-23-18(24)8-6-15(22-23)19(25)21-14-5-7-16-17(9-14)27-11-26-16/h1-5,7,9H,6,8,10-11H2,(H,21,25). The van der Waals surface area contributed by atoms with Gasteiger partial charge in [-0.3, -0.25) is 9.59 Å². The number of carbonyl (C=O) groups is 2. The van der Waals surface area contributed by atoms with E-state index in [0.29, 0.717) is 17.2 Å². The zero-order valence-electron chi connectivity index (χ0n) is 14.3. The van der Waals surface area contributed by atoms with Crippen molar-refractivity contribution < 1.29 is 23.5 Å². The van der Waals surface area contributed by atoms with Crippen LogP contribution < -0.4 is 14.8 Å². The van der Waals surface area contributed by atoms with Crippen LogP contribution in [0.3, 0.4) is 0 Å². The quantitative estimate of drug-likeness (QED) is 0.899. The molecule has 0 spiro atoms. The molecule has 2 aromatic rings. The van der Waals surface area contributed by atoms with Gasteiger partial charge in [-0.1, -0.05) is 12.1 Å². The van der Waals surface area contributed by atoms with Crippen LogP contribution >= 0.6 is 0 Å². The van der Waals surface area contributed by atoms with Gasteiger partial charge in [0.25, 0.3) is 5.91 Å². The number of fused-ring (bicyclic) bond motifs is 1. The summed E-state index contributed by atoms with van der Waals surface area (Å²) in [6.07, 6.45) is 0.448. The monoisotopic (exact) mass is 369 g/mol. The van der Waals surface area contributed by atoms with Gasteiger partial charge in [-0.25, -0.2) is 9.40 Å². The molecule has 2 aliphatic rings. The molecule has 2 amide bonds. The van der Waals surface area contributed by atoms with Gasteiger partial charge >= 0.3 is 0 Å². The van der Waals surface area contributed by atoms with E-state index >= 15 is 0 Å². The van der Waals surface area contributed by atoms with E-state index in [1.807, 2.05) is 0 Å². The molecule has 1 N–H and O–H groups in total. The minimum atomic E-state index is -0.384. The number of nitrogens with zero attached hydrogens (tertiary/aromatic N) is 2. The smallest absolute Gasteiger partial charge is 0.271 e. The van der Waals surface area contributed by atoms with Gasteiger partial charge in [0.05, 0.1) is 6.54 Å². The number of anilines is 1. The molecule has 2 heterocycles. The molecule has 2 aliphatic heterocycles. The van der Waals surface area contributed by atoms with Crippen LogP contribution in [0.1, 0.15) is 18.4 Å². The number of ether oxygens (including phenoxy) is 2. The van der Waals surface area contributed by atoms with Crippen molar-refractivity contribution in [1.29, 1.82) is 0 Å². The van der Waals surface area contributed by atoms with E-state index in [1.54, 1.807) is 30.3 Å². The number of rotatable bonds is 4. The predicted octanol–water partition coefficient (Wildman–Crippen LogP) is 2.67. The molecular formula is C19H16FN3O4. The summed E-state index contributed by atoms with van der Waals surface area (Å²) in [5, 5.41) is 8.18. The number of halogens is 1. The van der Waals surface area contributed by atoms with Gasteiger partial charge < -0.3 is 14.8 Å². The van der Waals surface area contributed by atoms with Crippen LogP contribution in [0.15, 0.2) is 47.6 Å². The molecule has 0 radical (unpaired) electrons. The first-order chi connectivity index (χ1) is 13.1. The Morgan fingerprint density at radius 1 is 1.11 bits per heavy atom. The summed E-state index contributed by atoms with van der Waals surface area (Å²) in [7, 11) is 0. The van der Waals surface area contributed by atoms with Gasteiger partial charge in [-0.15, -0.1) is 0 Å². The van der Waals surface area contributed by atoms with Crippen molar-refractivity contribution in [3.8, 4) is 11.5 Å². The fourth-order valence-electron chi connectivity index (χ4n) is 2.83. The molecule has 0 aliphatic carbocycles. The molecule has 0 aromatic heterocycles. The van der Waals surface area contributed by atoms with E-state index in [9.17, 15) is 14.0 Å². The predicted molar refractivity (Wildman–Crippen MR) is 94.8 cm³/mol. The van der Waals surface area contributed by atoms with Crippen molar-refractivity contribution >= 4 is 23.2 Å². The highest BCUT2D eigenvalue weighted by molar-refractivity contribution is 6.43. The van der Waals surface area contributed by atoms with Crippen LogP contribution in [0.4, 0.5) is 10.1 Å². The van der Waals surface area contributed by atoms with E-state index in [1.165, 1.54) is 17.1 Å². The third-order valence-corrected chi connectivity index (χ3v) is 4.24. The summed E-state index contributed by atoms with van der Waals surface area (Å²) in [5.74, 6) is 0.269. The van der Waals surface area contributed by atoms with Gasteiger partial charge in [0, 0.05) is 24.6 Å². The maximum Gasteiger partial charge on any atom is 0.271 e. The molecule has 0 fully saturated rings. The number of hydrogen-bond acceptors (Lipinski definition) is 5. The maximum atomic E-state index is 13.0. The van der Waals surface area contributed by atoms with Crippen molar-refractivity contribution in [3.63, 3.8) is 0 Å². The summed E-state index contributed by atoms with van der Waals surface area (Å²) in [4.78, 5) is 24.6. The molecular weight excluding hydrogens is 353 g/mol. The lowest BCUT2D eigenvalue weighted by Gasteiger charge is -2.23. The summed E-state index contributed by atoms with van der Waals surface area (Å²) in [6.45, 7) is 0.333. The summed E-state index contributed by atoms with van der Waals surface area (Å²) in [5.41, 5.74) is 1.54. The first-order valence-corrected chi connectivity index (χ1v) is 8.42. The number of nitrogens with one attached hydrogen (secondary N) is 1. The van der Waals surface area contributed by atoms with Gasteiger partial charge in [-0.05, 0) is 29.8 Å². The van der Waals surface area contributed by atoms with Crippen molar-refractivity contribution in [1.82, 2.24) is 5.01 Å². The lowest BCUT2D eigenvalue weighted by molar-refractivity contribution is -0.132. The lowest BCUT2D eigenvalue weighted by Crippen LogP contribution is -2.36. The molecule has 2 aromatic carbocycles. The highest BCUT2D eigenvalue weighted by Gasteiger charge is 2.25. The van der Waals surface area contributed by atoms with Crippen LogP contribution in [0, 0.1) is 5.82 Å². The normalized spacial score (nSPS) is 15.5. The maximum absolute atomic E-state index is 13.0. The number of hydrazone groups is 1. The van der Waals surface area contributed by atoms with Gasteiger partial charge in [0.15, 0.2) is 11.5 Å². The van der Waals surface area contributed by atoms with E-state index in [0.717, 1.165) is 5.56 Å². The molecule has 0 saturated heterocycles. The zero-order chi connectivity index (χ0) is 18.8.